The molecular formula is C24H29N5O4S. The van der Waals surface area contributed by atoms with Crippen LogP contribution in [0.2, 0.25) is 0 Å². The number of pyridine rings is 1. The van der Waals surface area contributed by atoms with Gasteiger partial charge in [-0.3, -0.25) is 9.59 Å². The molecule has 5 N–H and O–H groups in total. The van der Waals surface area contributed by atoms with Crippen molar-refractivity contribution >= 4 is 39.1 Å². The topological polar surface area (TPSA) is 130 Å². The van der Waals surface area contributed by atoms with Gasteiger partial charge in [0, 0.05) is 35.3 Å². The van der Waals surface area contributed by atoms with Crippen LogP contribution >= 0.6 is 11.3 Å². The Balaban J connectivity index is 1.45. The van der Waals surface area contributed by atoms with Crippen LogP contribution in [0.1, 0.15) is 39.1 Å². The van der Waals surface area contributed by atoms with Crippen LogP contribution in [-0.4, -0.2) is 66.1 Å². The zero-order valence-corrected chi connectivity index (χ0v) is 19.9. The van der Waals surface area contributed by atoms with E-state index in [1.165, 1.54) is 17.5 Å². The predicted molar refractivity (Wildman–Crippen MR) is 132 cm³/mol. The largest absolute Gasteiger partial charge is 0.489 e. The van der Waals surface area contributed by atoms with E-state index >= 15 is 0 Å². The summed E-state index contributed by atoms with van der Waals surface area (Å²) in [7, 11) is 2.09. The number of nitrogens with zero attached hydrogens (tertiary/aromatic N) is 2. The van der Waals surface area contributed by atoms with Crippen molar-refractivity contribution in [3.8, 4) is 5.75 Å². The molecule has 0 spiro atoms. The summed E-state index contributed by atoms with van der Waals surface area (Å²) in [5.74, 6) is 0.468. The number of carbonyl (C=O) groups is 2. The number of anilines is 1. The molecule has 1 aliphatic heterocycles. The summed E-state index contributed by atoms with van der Waals surface area (Å²) < 4.78 is 6.69. The Labute approximate surface area is 201 Å². The number of hydrogen-bond donors (Lipinski definition) is 4. The molecule has 0 radical (unpaired) electrons. The van der Waals surface area contributed by atoms with Crippen LogP contribution < -0.4 is 21.1 Å². The molecule has 1 aliphatic rings. The first-order chi connectivity index (χ1) is 16.5. The van der Waals surface area contributed by atoms with Crippen LogP contribution in [0.3, 0.4) is 0 Å². The molecule has 4 rings (SSSR count). The maximum absolute atomic E-state index is 12.7. The molecule has 10 heteroatoms. The number of thiophene rings is 1. The van der Waals surface area contributed by atoms with Gasteiger partial charge < -0.3 is 31.1 Å². The summed E-state index contributed by atoms with van der Waals surface area (Å²) in [4.78, 5) is 31.6. The Morgan fingerprint density at radius 2 is 2.09 bits per heavy atom. The van der Waals surface area contributed by atoms with Gasteiger partial charge in [-0.1, -0.05) is 6.07 Å². The summed E-state index contributed by atoms with van der Waals surface area (Å²) >= 11 is 1.39. The van der Waals surface area contributed by atoms with Crippen molar-refractivity contribution < 1.29 is 19.4 Å². The lowest BCUT2D eigenvalue weighted by molar-refractivity contribution is 0.0914. The molecule has 1 saturated heterocycles. The number of nitrogens with one attached hydrogen (secondary N) is 2. The van der Waals surface area contributed by atoms with Gasteiger partial charge in [-0.05, 0) is 56.6 Å². The summed E-state index contributed by atoms with van der Waals surface area (Å²) in [6.45, 7) is 2.19. The SMILES string of the molecule is CN1CCC(NC(=O)c2cccc(OCc3csc4c(C(=O)NCCO)cnc(N)c34)c2)CC1. The molecule has 0 aliphatic carbocycles. The molecule has 2 aromatic heterocycles. The van der Waals surface area contributed by atoms with Gasteiger partial charge in [-0.25, -0.2) is 4.98 Å². The summed E-state index contributed by atoms with van der Waals surface area (Å²) in [5, 5.41) is 17.3. The molecule has 1 fully saturated rings. The first-order valence-electron chi connectivity index (χ1n) is 11.2. The number of carbonyl (C=O) groups excluding carboxylic acids is 2. The highest BCUT2D eigenvalue weighted by Crippen LogP contribution is 2.33. The average Bonchev–Trinajstić information content (AvgIpc) is 3.28. The second-order valence-corrected chi connectivity index (χ2v) is 9.25. The Bertz CT molecular complexity index is 1170. The van der Waals surface area contributed by atoms with Gasteiger partial charge in [-0.2, -0.15) is 0 Å². The summed E-state index contributed by atoms with van der Waals surface area (Å²) in [6.07, 6.45) is 3.33. The van der Waals surface area contributed by atoms with Crippen molar-refractivity contribution in [2.75, 3.05) is 39.0 Å². The maximum atomic E-state index is 12.7. The normalized spacial score (nSPS) is 14.8. The van der Waals surface area contributed by atoms with Gasteiger partial charge in [0.1, 0.15) is 18.2 Å². The molecule has 0 bridgehead atoms. The van der Waals surface area contributed by atoms with Crippen LogP contribution in [0, 0.1) is 0 Å². The molecule has 0 unspecified atom stereocenters. The highest BCUT2D eigenvalue weighted by atomic mass is 32.1. The van der Waals surface area contributed by atoms with E-state index < -0.39 is 0 Å². The number of fused-ring (bicyclic) bond motifs is 1. The third kappa shape index (κ3) is 5.46. The Morgan fingerprint density at radius 3 is 2.85 bits per heavy atom. The molecule has 9 nitrogen and oxygen atoms in total. The number of aromatic nitrogens is 1. The van der Waals surface area contributed by atoms with E-state index in [0.717, 1.165) is 31.5 Å². The van der Waals surface area contributed by atoms with Crippen LogP contribution in [-0.2, 0) is 6.61 Å². The Hall–Kier alpha value is -3.21. The third-order valence-corrected chi connectivity index (χ3v) is 6.95. The molecule has 1 aromatic carbocycles. The van der Waals surface area contributed by atoms with E-state index in [2.05, 4.69) is 27.6 Å². The highest BCUT2D eigenvalue weighted by molar-refractivity contribution is 7.17. The number of aliphatic hydroxyl groups excluding tert-OH is 1. The number of rotatable bonds is 8. The molecule has 0 atom stereocenters. The molecule has 3 heterocycles. The fraction of sp³-hybridized carbons (Fsp3) is 0.375. The molecular weight excluding hydrogens is 454 g/mol. The van der Waals surface area contributed by atoms with Crippen LogP contribution in [0.15, 0.2) is 35.8 Å². The average molecular weight is 484 g/mol. The highest BCUT2D eigenvalue weighted by Gasteiger charge is 2.20. The molecule has 34 heavy (non-hydrogen) atoms. The first-order valence-corrected chi connectivity index (χ1v) is 12.1. The first kappa shape index (κ1) is 23.9. The lowest BCUT2D eigenvalue weighted by Gasteiger charge is -2.29. The molecule has 3 aromatic rings. The van der Waals surface area contributed by atoms with Crippen molar-refractivity contribution in [2.24, 2.45) is 0 Å². The summed E-state index contributed by atoms with van der Waals surface area (Å²) in [5.41, 5.74) is 7.88. The van der Waals surface area contributed by atoms with Gasteiger partial charge in [-0.15, -0.1) is 11.3 Å². The third-order valence-electron chi connectivity index (χ3n) is 5.89. The van der Waals surface area contributed by atoms with Crippen molar-refractivity contribution in [1.82, 2.24) is 20.5 Å². The Morgan fingerprint density at radius 1 is 1.29 bits per heavy atom. The number of likely N-dealkylation sites (tertiary alicyclic amines) is 1. The molecule has 2 amide bonds. The minimum Gasteiger partial charge on any atom is -0.489 e. The van der Waals surface area contributed by atoms with Gasteiger partial charge >= 0.3 is 0 Å². The van der Waals surface area contributed by atoms with Gasteiger partial charge in [0.05, 0.1) is 16.9 Å². The smallest absolute Gasteiger partial charge is 0.254 e. The zero-order valence-electron chi connectivity index (χ0n) is 19.0. The number of amides is 2. The number of nitrogens with two attached hydrogens (primary N) is 1. The lowest BCUT2D eigenvalue weighted by atomic mass is 10.0. The van der Waals surface area contributed by atoms with Crippen molar-refractivity contribution in [1.29, 1.82) is 0 Å². The van der Waals surface area contributed by atoms with Gasteiger partial charge in [0.15, 0.2) is 0 Å². The minimum absolute atomic E-state index is 0.104. The number of hydrogen-bond acceptors (Lipinski definition) is 8. The quantitative estimate of drug-likeness (QED) is 0.386. The van der Waals surface area contributed by atoms with Gasteiger partial charge in [0.25, 0.3) is 11.8 Å². The van der Waals surface area contributed by atoms with E-state index in [9.17, 15) is 9.59 Å². The van der Waals surface area contributed by atoms with Crippen LogP contribution in [0.25, 0.3) is 10.1 Å². The monoisotopic (exact) mass is 483 g/mol. The fourth-order valence-corrected chi connectivity index (χ4v) is 5.04. The molecule has 0 saturated carbocycles. The van der Waals surface area contributed by atoms with E-state index in [4.69, 9.17) is 15.6 Å². The van der Waals surface area contributed by atoms with E-state index in [-0.39, 0.29) is 37.6 Å². The van der Waals surface area contributed by atoms with E-state index in [1.54, 1.807) is 24.3 Å². The van der Waals surface area contributed by atoms with Crippen molar-refractivity contribution in [3.63, 3.8) is 0 Å². The summed E-state index contributed by atoms with van der Waals surface area (Å²) in [6, 6.07) is 7.29. The second-order valence-electron chi connectivity index (χ2n) is 8.37. The standard InChI is InChI=1S/C24H29N5O4S/c1-29-8-5-17(6-9-29)28-23(31)15-3-2-4-18(11-15)33-13-16-14-34-21-19(24(32)26-7-10-30)12-27-22(25)20(16)21/h2-4,11-12,14,17,30H,5-10,13H2,1H3,(H2,25,27)(H,26,32)(H,28,31). The number of nitrogen functional groups attached to an aromatic ring is 1. The number of ether oxygens (including phenoxy) is 1. The van der Waals surface area contributed by atoms with Crippen molar-refractivity contribution in [2.45, 2.75) is 25.5 Å². The fourth-order valence-electron chi connectivity index (χ4n) is 3.97. The number of aliphatic hydroxyl groups is 1. The van der Waals surface area contributed by atoms with E-state index in [1.807, 2.05) is 5.38 Å². The second kappa shape index (κ2) is 10.8. The van der Waals surface area contributed by atoms with Crippen LogP contribution in [0.5, 0.6) is 5.75 Å². The lowest BCUT2D eigenvalue weighted by Crippen LogP contribution is -2.43. The predicted octanol–water partition coefficient (Wildman–Crippen LogP) is 2.00. The maximum Gasteiger partial charge on any atom is 0.254 e. The van der Waals surface area contributed by atoms with Gasteiger partial charge in [0.2, 0.25) is 0 Å². The van der Waals surface area contributed by atoms with Crippen molar-refractivity contribution in [3.05, 3.63) is 52.5 Å². The molecule has 180 valence electrons. The number of benzene rings is 1. The van der Waals surface area contributed by atoms with Crippen LogP contribution in [0.4, 0.5) is 5.82 Å². The number of piperidine rings is 1. The minimum atomic E-state index is -0.316. The Kier molecular flexibility index (Phi) is 7.61. The van der Waals surface area contributed by atoms with E-state index in [0.29, 0.717) is 32.8 Å². The zero-order chi connectivity index (χ0) is 24.1.